The van der Waals surface area contributed by atoms with Crippen LogP contribution in [0.4, 0.5) is 5.69 Å². The van der Waals surface area contributed by atoms with Crippen LogP contribution in [0.1, 0.15) is 55.1 Å². The van der Waals surface area contributed by atoms with Crippen LogP contribution < -0.4 is 10.5 Å². The molecule has 1 N–H and O–H groups in total. The molecule has 8 heteroatoms. The summed E-state index contributed by atoms with van der Waals surface area (Å²) in [6.07, 6.45) is 5.63. The minimum Gasteiger partial charge on any atom is -0.378 e. The third kappa shape index (κ3) is 4.41. The van der Waals surface area contributed by atoms with E-state index in [9.17, 15) is 14.9 Å². The lowest BCUT2D eigenvalue weighted by molar-refractivity contribution is -0.0132. The second-order valence-corrected chi connectivity index (χ2v) is 9.42. The van der Waals surface area contributed by atoms with E-state index >= 15 is 0 Å². The van der Waals surface area contributed by atoms with E-state index in [1.54, 1.807) is 19.4 Å². The number of hydrogen-bond donors (Lipinski definition) is 1. The normalized spacial score (nSPS) is 19.8. The molecule has 0 aliphatic carbocycles. The fourth-order valence-corrected chi connectivity index (χ4v) is 4.80. The molecule has 0 atom stereocenters. The summed E-state index contributed by atoms with van der Waals surface area (Å²) in [5.74, 6) is 0.387. The van der Waals surface area contributed by atoms with Gasteiger partial charge in [0.2, 0.25) is 0 Å². The molecule has 2 fully saturated rings. The molecular weight excluding hydrogens is 406 g/mol. The van der Waals surface area contributed by atoms with Crippen LogP contribution in [0.3, 0.4) is 0 Å². The first-order valence-corrected chi connectivity index (χ1v) is 11.3. The van der Waals surface area contributed by atoms with Crippen LogP contribution in [0.25, 0.3) is 10.9 Å². The molecule has 170 valence electrons. The number of methoxy groups -OCH3 is 1. The molecule has 0 spiro atoms. The molecule has 0 saturated carbocycles. The van der Waals surface area contributed by atoms with Gasteiger partial charge in [-0.15, -0.1) is 0 Å². The average molecular weight is 438 g/mol. The van der Waals surface area contributed by atoms with E-state index in [-0.39, 0.29) is 16.9 Å². The van der Waals surface area contributed by atoms with Crippen molar-refractivity contribution in [3.8, 4) is 6.07 Å². The quantitative estimate of drug-likeness (QED) is 0.718. The Balaban J connectivity index is 1.68. The smallest absolute Gasteiger partial charge is 0.268 e. The number of aromatic amines is 1. The van der Waals surface area contributed by atoms with Gasteiger partial charge in [0.05, 0.1) is 23.0 Å². The lowest BCUT2D eigenvalue weighted by atomic mass is 9.90. The molecular formula is C24H31N5O3. The minimum atomic E-state index is -0.428. The molecule has 0 bridgehead atoms. The zero-order chi connectivity index (χ0) is 22.9. The Morgan fingerprint density at radius 2 is 2.00 bits per heavy atom. The summed E-state index contributed by atoms with van der Waals surface area (Å²) in [4.78, 5) is 37.1. The number of ketones is 1. The second-order valence-electron chi connectivity index (χ2n) is 9.42. The third-order valence-electron chi connectivity index (χ3n) is 7.21. The summed E-state index contributed by atoms with van der Waals surface area (Å²) in [6.45, 7) is 5.43. The number of anilines is 1. The van der Waals surface area contributed by atoms with E-state index in [1.807, 2.05) is 0 Å². The standard InChI is InChI=1S/C24H31N5O3/c1-24(32-3)6-10-29(11-7-24)22-17-13-19(21(30)12-16-4-8-28(2)9-5-16)26-15-20(17)27-23(31)18(22)14-25/h13,15-16H,4-12H2,1-3H3,(H,27,31). The van der Waals surface area contributed by atoms with Gasteiger partial charge in [0.15, 0.2) is 5.78 Å². The summed E-state index contributed by atoms with van der Waals surface area (Å²) in [5, 5.41) is 10.4. The monoisotopic (exact) mass is 437 g/mol. The summed E-state index contributed by atoms with van der Waals surface area (Å²) < 4.78 is 5.64. The van der Waals surface area contributed by atoms with Gasteiger partial charge in [0.25, 0.3) is 5.56 Å². The first-order valence-electron chi connectivity index (χ1n) is 11.3. The van der Waals surface area contributed by atoms with E-state index in [1.165, 1.54) is 0 Å². The number of likely N-dealkylation sites (tertiary alicyclic amines) is 1. The first kappa shape index (κ1) is 22.4. The number of hydrogen-bond acceptors (Lipinski definition) is 7. The average Bonchev–Trinajstić information content (AvgIpc) is 2.80. The zero-order valence-corrected chi connectivity index (χ0v) is 19.1. The third-order valence-corrected chi connectivity index (χ3v) is 7.21. The molecule has 2 aromatic heterocycles. The van der Waals surface area contributed by atoms with Crippen molar-refractivity contribution in [2.45, 2.75) is 44.6 Å². The number of ether oxygens (including phenoxy) is 1. The summed E-state index contributed by atoms with van der Waals surface area (Å²) >= 11 is 0. The van der Waals surface area contributed by atoms with E-state index in [0.29, 0.717) is 47.7 Å². The number of aromatic nitrogens is 2. The van der Waals surface area contributed by atoms with Crippen molar-refractivity contribution in [2.24, 2.45) is 5.92 Å². The molecule has 2 aromatic rings. The number of rotatable bonds is 5. The molecule has 0 amide bonds. The molecule has 2 aliphatic heterocycles. The lowest BCUT2D eigenvalue weighted by Crippen LogP contribution is -2.44. The van der Waals surface area contributed by atoms with Crippen molar-refractivity contribution in [3.63, 3.8) is 0 Å². The summed E-state index contributed by atoms with van der Waals surface area (Å²) in [7, 11) is 3.82. The number of pyridine rings is 2. The van der Waals surface area contributed by atoms with Crippen molar-refractivity contribution in [1.29, 1.82) is 5.26 Å². The van der Waals surface area contributed by atoms with Crippen LogP contribution in [0.2, 0.25) is 0 Å². The Morgan fingerprint density at radius 1 is 1.31 bits per heavy atom. The number of nitrogens with zero attached hydrogens (tertiary/aromatic N) is 4. The van der Waals surface area contributed by atoms with Crippen molar-refractivity contribution < 1.29 is 9.53 Å². The number of carbonyl (C=O) groups is 1. The fraction of sp³-hybridized carbons (Fsp3) is 0.583. The number of nitrogens with one attached hydrogen (secondary N) is 1. The molecule has 8 nitrogen and oxygen atoms in total. The molecule has 0 radical (unpaired) electrons. The maximum Gasteiger partial charge on any atom is 0.268 e. The molecule has 4 rings (SSSR count). The van der Waals surface area contributed by atoms with Crippen molar-refractivity contribution in [1.82, 2.24) is 14.9 Å². The first-order chi connectivity index (χ1) is 15.3. The molecule has 2 saturated heterocycles. The highest BCUT2D eigenvalue weighted by molar-refractivity contribution is 6.01. The van der Waals surface area contributed by atoms with Gasteiger partial charge < -0.3 is 19.5 Å². The van der Waals surface area contributed by atoms with Gasteiger partial charge in [-0.2, -0.15) is 5.26 Å². The Bertz CT molecular complexity index is 1100. The summed E-state index contributed by atoms with van der Waals surface area (Å²) in [5.41, 5.74) is 0.977. The number of carbonyl (C=O) groups excluding carboxylic acids is 1. The predicted molar refractivity (Wildman–Crippen MR) is 123 cm³/mol. The Labute approximate surface area is 188 Å². The zero-order valence-electron chi connectivity index (χ0n) is 19.1. The number of H-pyrrole nitrogens is 1. The predicted octanol–water partition coefficient (Wildman–Crippen LogP) is 2.71. The van der Waals surface area contributed by atoms with Gasteiger partial charge in [-0.25, -0.2) is 0 Å². The van der Waals surface area contributed by atoms with Crippen LogP contribution in [0, 0.1) is 17.2 Å². The number of fused-ring (bicyclic) bond motifs is 1. The SMILES string of the molecule is COC1(C)CCN(c2c(C#N)c(=O)[nH]c3cnc(C(=O)CC4CCN(C)CC4)cc23)CC1. The van der Waals surface area contributed by atoms with E-state index in [0.717, 1.165) is 38.8 Å². The van der Waals surface area contributed by atoms with Gasteiger partial charge in [-0.05, 0) is 64.7 Å². The Kier molecular flexibility index (Phi) is 6.31. The minimum absolute atomic E-state index is 0.0164. The Hall–Kier alpha value is -2.76. The van der Waals surface area contributed by atoms with Gasteiger partial charge in [-0.1, -0.05) is 0 Å². The molecule has 32 heavy (non-hydrogen) atoms. The van der Waals surface area contributed by atoms with Crippen LogP contribution in [0.15, 0.2) is 17.1 Å². The van der Waals surface area contributed by atoms with E-state index in [4.69, 9.17) is 4.74 Å². The maximum absolute atomic E-state index is 13.0. The van der Waals surface area contributed by atoms with Gasteiger partial charge in [0, 0.05) is 32.0 Å². The highest BCUT2D eigenvalue weighted by Gasteiger charge is 2.32. The lowest BCUT2D eigenvalue weighted by Gasteiger charge is -2.40. The highest BCUT2D eigenvalue weighted by atomic mass is 16.5. The van der Waals surface area contributed by atoms with Gasteiger partial charge in [0.1, 0.15) is 17.3 Å². The molecule has 0 aromatic carbocycles. The van der Waals surface area contributed by atoms with E-state index in [2.05, 4.69) is 39.8 Å². The number of Topliss-reactive ketones (excluding diaryl/α,β-unsaturated/α-hetero) is 1. The second kappa shape index (κ2) is 9.00. The van der Waals surface area contributed by atoms with E-state index < -0.39 is 5.56 Å². The summed E-state index contributed by atoms with van der Waals surface area (Å²) in [6, 6.07) is 3.83. The van der Waals surface area contributed by atoms with Crippen LogP contribution in [-0.4, -0.2) is 66.6 Å². The highest BCUT2D eigenvalue weighted by Crippen LogP contribution is 2.34. The van der Waals surface area contributed by atoms with Crippen molar-refractivity contribution in [3.05, 3.63) is 33.9 Å². The fourth-order valence-electron chi connectivity index (χ4n) is 4.80. The van der Waals surface area contributed by atoms with Crippen LogP contribution in [-0.2, 0) is 4.74 Å². The van der Waals surface area contributed by atoms with Gasteiger partial charge >= 0.3 is 0 Å². The van der Waals surface area contributed by atoms with Gasteiger partial charge in [-0.3, -0.25) is 14.6 Å². The Morgan fingerprint density at radius 3 is 2.62 bits per heavy atom. The number of piperidine rings is 2. The molecule has 0 unspecified atom stereocenters. The molecule has 4 heterocycles. The number of nitriles is 1. The van der Waals surface area contributed by atoms with Crippen molar-refractivity contribution >= 4 is 22.4 Å². The van der Waals surface area contributed by atoms with Crippen LogP contribution >= 0.6 is 0 Å². The maximum atomic E-state index is 13.0. The van der Waals surface area contributed by atoms with Crippen molar-refractivity contribution in [2.75, 3.05) is 45.2 Å². The topological polar surface area (TPSA) is 102 Å². The molecule has 2 aliphatic rings. The largest absolute Gasteiger partial charge is 0.378 e. The van der Waals surface area contributed by atoms with Crippen LogP contribution in [0.5, 0.6) is 0 Å².